The molecule has 0 radical (unpaired) electrons. The van der Waals surface area contributed by atoms with E-state index in [9.17, 15) is 23.1 Å². The highest BCUT2D eigenvalue weighted by Crippen LogP contribution is 2.42. The van der Waals surface area contributed by atoms with Gasteiger partial charge in [0.05, 0.1) is 24.2 Å². The fraction of sp³-hybridized carbons (Fsp3) is 0.429. The summed E-state index contributed by atoms with van der Waals surface area (Å²) in [5.74, 6) is -1.43. The van der Waals surface area contributed by atoms with Gasteiger partial charge in [-0.2, -0.15) is 13.2 Å². The minimum atomic E-state index is -5.05. The van der Waals surface area contributed by atoms with Crippen molar-refractivity contribution < 1.29 is 27.5 Å². The summed E-state index contributed by atoms with van der Waals surface area (Å²) < 4.78 is 44.6. The molecule has 0 fully saturated rings. The average molecular weight is 348 g/mol. The first-order chi connectivity index (χ1) is 10.6. The zero-order valence-electron chi connectivity index (χ0n) is 12.4. The Morgan fingerprint density at radius 1 is 1.39 bits per heavy atom. The molecule has 2 heterocycles. The van der Waals surface area contributed by atoms with Crippen LogP contribution >= 0.6 is 11.3 Å². The number of furan rings is 1. The number of aromatic nitrogens is 1. The Morgan fingerprint density at radius 3 is 2.57 bits per heavy atom. The summed E-state index contributed by atoms with van der Waals surface area (Å²) in [5.41, 5.74) is -1.09. The highest BCUT2D eigenvalue weighted by Gasteiger charge is 2.58. The highest BCUT2D eigenvalue weighted by atomic mass is 32.1. The molecule has 0 aliphatic heterocycles. The number of hydrogen-bond acceptors (Lipinski definition) is 5. The minimum Gasteiger partial charge on any atom is -0.463 e. The van der Waals surface area contributed by atoms with E-state index in [2.05, 4.69) is 10.3 Å². The Morgan fingerprint density at radius 2 is 2.09 bits per heavy atom. The number of carbonyl (C=O) groups is 1. The van der Waals surface area contributed by atoms with Crippen molar-refractivity contribution in [1.82, 2.24) is 10.3 Å². The zero-order valence-corrected chi connectivity index (χ0v) is 13.2. The van der Waals surface area contributed by atoms with Gasteiger partial charge < -0.3 is 14.8 Å². The van der Waals surface area contributed by atoms with Crippen LogP contribution in [0.25, 0.3) is 0 Å². The van der Waals surface area contributed by atoms with Crippen LogP contribution in [0.2, 0.25) is 0 Å². The number of nitrogens with zero attached hydrogens (tertiary/aromatic N) is 1. The smallest absolute Gasteiger partial charge is 0.425 e. The van der Waals surface area contributed by atoms with Crippen LogP contribution in [0.4, 0.5) is 13.2 Å². The number of hydrogen-bond donors (Lipinski definition) is 2. The Balaban J connectivity index is 2.12. The van der Waals surface area contributed by atoms with Crippen LogP contribution in [-0.2, 0) is 16.9 Å². The summed E-state index contributed by atoms with van der Waals surface area (Å²) in [4.78, 5) is 16.6. The number of aryl methyl sites for hydroxylation is 2. The summed E-state index contributed by atoms with van der Waals surface area (Å²) >= 11 is 1.29. The molecule has 23 heavy (non-hydrogen) atoms. The Bertz CT molecular complexity index is 695. The lowest BCUT2D eigenvalue weighted by Gasteiger charge is -2.27. The first-order valence-corrected chi connectivity index (χ1v) is 7.53. The van der Waals surface area contributed by atoms with Crippen molar-refractivity contribution in [3.05, 3.63) is 39.7 Å². The molecule has 0 bridgehead atoms. The van der Waals surface area contributed by atoms with Gasteiger partial charge in [0.1, 0.15) is 11.5 Å². The monoisotopic (exact) mass is 348 g/mol. The van der Waals surface area contributed by atoms with Gasteiger partial charge in [0.25, 0.3) is 0 Å². The molecule has 0 aromatic carbocycles. The zero-order chi connectivity index (χ0) is 17.3. The van der Waals surface area contributed by atoms with Crippen LogP contribution < -0.4 is 5.32 Å². The standard InChI is InChI=1S/C14H15F3N2O3S/c1-8-3-4-11(22-8)13(21,14(15,16)17)5-12(20)18-6-10-9(2)19-7-23-10/h3-4,7,21H,5-6H2,1-2H3,(H,18,20). The molecule has 2 rings (SSSR count). The number of rotatable bonds is 5. The summed E-state index contributed by atoms with van der Waals surface area (Å²) in [5, 5.41) is 12.4. The number of amides is 1. The van der Waals surface area contributed by atoms with E-state index in [-0.39, 0.29) is 12.3 Å². The molecule has 2 aromatic rings. The second-order valence-corrected chi connectivity index (χ2v) is 6.02. The third-order valence-corrected chi connectivity index (χ3v) is 4.26. The Kier molecular flexibility index (Phi) is 4.81. The summed E-state index contributed by atoms with van der Waals surface area (Å²) in [7, 11) is 0. The SMILES string of the molecule is Cc1ccc(C(O)(CC(=O)NCc2scnc2C)C(F)(F)F)o1. The summed E-state index contributed by atoms with van der Waals surface area (Å²) in [6.07, 6.45) is -6.23. The van der Waals surface area contributed by atoms with E-state index in [0.29, 0.717) is 5.69 Å². The van der Waals surface area contributed by atoms with Gasteiger partial charge in [0, 0.05) is 4.88 Å². The largest absolute Gasteiger partial charge is 0.463 e. The molecule has 5 nitrogen and oxygen atoms in total. The van der Waals surface area contributed by atoms with E-state index in [1.807, 2.05) is 0 Å². The van der Waals surface area contributed by atoms with Gasteiger partial charge in [-0.05, 0) is 26.0 Å². The molecular formula is C14H15F3N2O3S. The van der Waals surface area contributed by atoms with Crippen molar-refractivity contribution >= 4 is 17.2 Å². The Hall–Kier alpha value is -1.87. The van der Waals surface area contributed by atoms with Gasteiger partial charge in [-0.3, -0.25) is 4.79 Å². The predicted molar refractivity (Wildman–Crippen MR) is 76.7 cm³/mol. The highest BCUT2D eigenvalue weighted by molar-refractivity contribution is 7.09. The lowest BCUT2D eigenvalue weighted by molar-refractivity contribution is -0.273. The quantitative estimate of drug-likeness (QED) is 0.871. The molecule has 0 aliphatic rings. The Labute approximate surface area is 134 Å². The maximum Gasteiger partial charge on any atom is 0.425 e. The first kappa shape index (κ1) is 17.5. The van der Waals surface area contributed by atoms with E-state index >= 15 is 0 Å². The molecule has 0 aliphatic carbocycles. The molecule has 0 saturated carbocycles. The molecule has 2 N–H and O–H groups in total. The second-order valence-electron chi connectivity index (χ2n) is 5.08. The van der Waals surface area contributed by atoms with E-state index in [1.54, 1.807) is 12.4 Å². The lowest BCUT2D eigenvalue weighted by atomic mass is 9.95. The summed E-state index contributed by atoms with van der Waals surface area (Å²) in [6.45, 7) is 3.24. The van der Waals surface area contributed by atoms with E-state index in [0.717, 1.165) is 10.9 Å². The van der Waals surface area contributed by atoms with Crippen molar-refractivity contribution in [3.8, 4) is 0 Å². The average Bonchev–Trinajstić information content (AvgIpc) is 3.04. The fourth-order valence-corrected chi connectivity index (χ4v) is 2.67. The van der Waals surface area contributed by atoms with Crippen molar-refractivity contribution in [3.63, 3.8) is 0 Å². The van der Waals surface area contributed by atoms with Gasteiger partial charge in [-0.25, -0.2) is 4.98 Å². The van der Waals surface area contributed by atoms with Gasteiger partial charge >= 0.3 is 6.18 Å². The third kappa shape index (κ3) is 3.73. The van der Waals surface area contributed by atoms with Gasteiger partial charge in [-0.15, -0.1) is 11.3 Å². The maximum absolute atomic E-state index is 13.2. The second kappa shape index (κ2) is 6.32. The molecule has 9 heteroatoms. The molecule has 126 valence electrons. The van der Waals surface area contributed by atoms with Crippen LogP contribution in [0.15, 0.2) is 22.1 Å². The molecule has 1 atom stereocenters. The van der Waals surface area contributed by atoms with Gasteiger partial charge in [0.2, 0.25) is 11.5 Å². The van der Waals surface area contributed by atoms with Crippen molar-refractivity contribution in [2.45, 2.75) is 38.6 Å². The van der Waals surface area contributed by atoms with Crippen molar-refractivity contribution in [1.29, 1.82) is 0 Å². The topological polar surface area (TPSA) is 75.4 Å². The van der Waals surface area contributed by atoms with Gasteiger partial charge in [0.15, 0.2) is 0 Å². The van der Waals surface area contributed by atoms with Crippen LogP contribution in [0.1, 0.15) is 28.5 Å². The lowest BCUT2D eigenvalue weighted by Crippen LogP contribution is -2.45. The molecule has 1 amide bonds. The van der Waals surface area contributed by atoms with Gasteiger partial charge in [-0.1, -0.05) is 0 Å². The van der Waals surface area contributed by atoms with Crippen LogP contribution in [0.5, 0.6) is 0 Å². The molecule has 0 saturated heterocycles. The van der Waals surface area contributed by atoms with E-state index < -0.39 is 29.9 Å². The predicted octanol–water partition coefficient (Wildman–Crippen LogP) is 2.81. The molecule has 2 aromatic heterocycles. The molecule has 0 spiro atoms. The van der Waals surface area contributed by atoms with Crippen LogP contribution in [0.3, 0.4) is 0 Å². The number of nitrogens with one attached hydrogen (secondary N) is 1. The first-order valence-electron chi connectivity index (χ1n) is 6.65. The van der Waals surface area contributed by atoms with E-state index in [1.165, 1.54) is 24.3 Å². The minimum absolute atomic E-state index is 0.0560. The van der Waals surface area contributed by atoms with Crippen molar-refractivity contribution in [2.75, 3.05) is 0 Å². The third-order valence-electron chi connectivity index (χ3n) is 3.32. The van der Waals surface area contributed by atoms with E-state index in [4.69, 9.17) is 4.42 Å². The molecular weight excluding hydrogens is 333 g/mol. The number of thiazole rings is 1. The normalized spacial score (nSPS) is 14.5. The number of carbonyl (C=O) groups excluding carboxylic acids is 1. The van der Waals surface area contributed by atoms with Crippen LogP contribution in [-0.4, -0.2) is 22.2 Å². The van der Waals surface area contributed by atoms with Crippen molar-refractivity contribution in [2.24, 2.45) is 0 Å². The number of alkyl halides is 3. The summed E-state index contributed by atoms with van der Waals surface area (Å²) in [6, 6.07) is 2.31. The number of halogens is 3. The number of aliphatic hydroxyl groups is 1. The fourth-order valence-electron chi connectivity index (χ4n) is 1.95. The maximum atomic E-state index is 13.2. The molecule has 1 unspecified atom stereocenters. The van der Waals surface area contributed by atoms with Crippen LogP contribution in [0, 0.1) is 13.8 Å².